The third kappa shape index (κ3) is 3.76. The quantitative estimate of drug-likeness (QED) is 0.927. The number of nitrogens with one attached hydrogen (secondary N) is 1. The molecule has 0 unspecified atom stereocenters. The summed E-state index contributed by atoms with van der Waals surface area (Å²) in [5.41, 5.74) is 2.17. The summed E-state index contributed by atoms with van der Waals surface area (Å²) in [6.45, 7) is 0.962. The minimum atomic E-state index is -3.22. The molecule has 5 nitrogen and oxygen atoms in total. The number of carbonyl (C=O) groups excluding carboxylic acids is 1. The van der Waals surface area contributed by atoms with Crippen molar-refractivity contribution in [3.63, 3.8) is 0 Å². The zero-order chi connectivity index (χ0) is 17.0. The van der Waals surface area contributed by atoms with E-state index in [1.54, 1.807) is 24.3 Å². The van der Waals surface area contributed by atoms with Crippen LogP contribution in [0.3, 0.4) is 0 Å². The minimum absolute atomic E-state index is 0.174. The molecule has 6 heteroatoms. The van der Waals surface area contributed by atoms with Crippen LogP contribution in [0.25, 0.3) is 0 Å². The fraction of sp³-hybridized carbons (Fsp3) is 0.278. The average Bonchev–Trinajstić information content (AvgIpc) is 2.60. The first-order valence-corrected chi connectivity index (χ1v) is 9.60. The summed E-state index contributed by atoms with van der Waals surface area (Å²) in [5.74, 6) is 0.0127. The molecule has 0 bridgehead atoms. The number of benzene rings is 2. The lowest BCUT2D eigenvalue weighted by molar-refractivity contribution is 0.0951. The third-order valence-corrected chi connectivity index (χ3v) is 5.93. The Bertz CT molecular complexity index is 802. The Morgan fingerprint density at radius 1 is 1.00 bits per heavy atom. The van der Waals surface area contributed by atoms with Crippen molar-refractivity contribution in [3.05, 3.63) is 65.7 Å². The number of anilines is 1. The molecule has 1 saturated heterocycles. The molecule has 24 heavy (non-hydrogen) atoms. The predicted octanol–water partition coefficient (Wildman–Crippen LogP) is 2.55. The maximum absolute atomic E-state index is 12.2. The molecular weight excluding hydrogens is 324 g/mol. The van der Waals surface area contributed by atoms with Gasteiger partial charge < -0.3 is 5.32 Å². The molecule has 0 atom stereocenters. The minimum Gasteiger partial charge on any atom is -0.348 e. The van der Waals surface area contributed by atoms with Crippen LogP contribution in [0.1, 0.15) is 28.8 Å². The van der Waals surface area contributed by atoms with E-state index in [-0.39, 0.29) is 11.7 Å². The molecule has 1 amide bonds. The fourth-order valence-corrected chi connectivity index (χ4v) is 4.38. The highest BCUT2D eigenvalue weighted by atomic mass is 32.2. The summed E-state index contributed by atoms with van der Waals surface area (Å²) in [4.78, 5) is 12.2. The SMILES string of the molecule is O=C(NCc1ccccc1)c1ccc(N2CCCCS2(=O)=O)cc1. The number of hydrogen-bond acceptors (Lipinski definition) is 3. The van der Waals surface area contributed by atoms with Crippen LogP contribution in [-0.2, 0) is 16.6 Å². The molecule has 1 fully saturated rings. The Morgan fingerprint density at radius 3 is 2.38 bits per heavy atom. The second-order valence-electron chi connectivity index (χ2n) is 5.81. The number of amides is 1. The van der Waals surface area contributed by atoms with Crippen LogP contribution in [-0.4, -0.2) is 26.6 Å². The van der Waals surface area contributed by atoms with Gasteiger partial charge in [0.25, 0.3) is 5.91 Å². The smallest absolute Gasteiger partial charge is 0.251 e. The first kappa shape index (κ1) is 16.5. The highest BCUT2D eigenvalue weighted by Gasteiger charge is 2.25. The average molecular weight is 344 g/mol. The highest BCUT2D eigenvalue weighted by molar-refractivity contribution is 7.92. The van der Waals surface area contributed by atoms with E-state index in [4.69, 9.17) is 0 Å². The molecule has 1 N–H and O–H groups in total. The van der Waals surface area contributed by atoms with Crippen LogP contribution >= 0.6 is 0 Å². The van der Waals surface area contributed by atoms with Crippen molar-refractivity contribution in [2.75, 3.05) is 16.6 Å². The zero-order valence-corrected chi connectivity index (χ0v) is 14.1. The second kappa shape index (κ2) is 7.05. The molecule has 2 aromatic carbocycles. The van der Waals surface area contributed by atoms with Gasteiger partial charge in [0.1, 0.15) is 0 Å². The van der Waals surface area contributed by atoms with Crippen LogP contribution in [0.4, 0.5) is 5.69 Å². The summed E-state index contributed by atoms with van der Waals surface area (Å²) in [6, 6.07) is 16.4. The molecule has 1 aliphatic rings. The van der Waals surface area contributed by atoms with Crippen LogP contribution in [0, 0.1) is 0 Å². The molecule has 0 spiro atoms. The molecule has 1 heterocycles. The molecule has 126 valence electrons. The van der Waals surface area contributed by atoms with Crippen molar-refractivity contribution in [3.8, 4) is 0 Å². The lowest BCUT2D eigenvalue weighted by atomic mass is 10.1. The standard InChI is InChI=1S/C18H20N2O3S/c21-18(19-14-15-6-2-1-3-7-15)16-8-10-17(11-9-16)20-12-4-5-13-24(20,22)23/h1-3,6-11H,4-5,12-14H2,(H,19,21). The number of sulfonamides is 1. The van der Waals surface area contributed by atoms with Gasteiger partial charge in [-0.3, -0.25) is 9.10 Å². The van der Waals surface area contributed by atoms with Gasteiger partial charge in [-0.15, -0.1) is 0 Å². The van der Waals surface area contributed by atoms with Gasteiger partial charge in [-0.25, -0.2) is 8.42 Å². The van der Waals surface area contributed by atoms with E-state index in [2.05, 4.69) is 5.32 Å². The van der Waals surface area contributed by atoms with Crippen LogP contribution in [0.5, 0.6) is 0 Å². The van der Waals surface area contributed by atoms with Gasteiger partial charge in [0.2, 0.25) is 10.0 Å². The van der Waals surface area contributed by atoms with Gasteiger partial charge in [0.05, 0.1) is 11.4 Å². The Labute approximate surface area is 142 Å². The van der Waals surface area contributed by atoms with Crippen LogP contribution < -0.4 is 9.62 Å². The molecule has 2 aromatic rings. The summed E-state index contributed by atoms with van der Waals surface area (Å²) in [6.07, 6.45) is 1.57. The van der Waals surface area contributed by atoms with E-state index in [1.165, 1.54) is 4.31 Å². The Morgan fingerprint density at radius 2 is 1.71 bits per heavy atom. The van der Waals surface area contributed by atoms with Gasteiger partial charge in [0, 0.05) is 18.7 Å². The number of hydrogen-bond donors (Lipinski definition) is 1. The Hall–Kier alpha value is -2.34. The third-order valence-electron chi connectivity index (χ3n) is 4.06. The largest absolute Gasteiger partial charge is 0.348 e. The molecule has 1 aliphatic heterocycles. The Kier molecular flexibility index (Phi) is 4.85. The normalized spacial score (nSPS) is 16.6. The molecule has 0 saturated carbocycles. The van der Waals surface area contributed by atoms with Crippen LogP contribution in [0.15, 0.2) is 54.6 Å². The summed E-state index contributed by atoms with van der Waals surface area (Å²) in [7, 11) is -3.22. The first-order valence-electron chi connectivity index (χ1n) is 7.99. The van der Waals surface area contributed by atoms with Crippen molar-refractivity contribution in [1.82, 2.24) is 5.32 Å². The molecule has 3 rings (SSSR count). The van der Waals surface area contributed by atoms with Crippen molar-refractivity contribution in [1.29, 1.82) is 0 Å². The maximum Gasteiger partial charge on any atom is 0.251 e. The summed E-state index contributed by atoms with van der Waals surface area (Å²) in [5, 5.41) is 2.86. The van der Waals surface area contributed by atoms with Crippen molar-refractivity contribution >= 4 is 21.6 Å². The maximum atomic E-state index is 12.2. The highest BCUT2D eigenvalue weighted by Crippen LogP contribution is 2.23. The van der Waals surface area contributed by atoms with Crippen molar-refractivity contribution < 1.29 is 13.2 Å². The van der Waals surface area contributed by atoms with E-state index in [0.717, 1.165) is 12.0 Å². The van der Waals surface area contributed by atoms with E-state index in [0.29, 0.717) is 30.8 Å². The first-order chi connectivity index (χ1) is 11.6. The van der Waals surface area contributed by atoms with E-state index >= 15 is 0 Å². The van der Waals surface area contributed by atoms with E-state index < -0.39 is 10.0 Å². The van der Waals surface area contributed by atoms with Gasteiger partial charge in [0.15, 0.2) is 0 Å². The lowest BCUT2D eigenvalue weighted by Crippen LogP contribution is -2.37. The number of nitrogens with zero attached hydrogens (tertiary/aromatic N) is 1. The summed E-state index contributed by atoms with van der Waals surface area (Å²) < 4.78 is 25.6. The van der Waals surface area contributed by atoms with E-state index in [9.17, 15) is 13.2 Å². The second-order valence-corrected chi connectivity index (χ2v) is 7.82. The monoisotopic (exact) mass is 344 g/mol. The van der Waals surface area contributed by atoms with Gasteiger partial charge >= 0.3 is 0 Å². The van der Waals surface area contributed by atoms with Gasteiger partial charge in [-0.05, 0) is 42.7 Å². The molecule has 0 aliphatic carbocycles. The van der Waals surface area contributed by atoms with E-state index in [1.807, 2.05) is 30.3 Å². The van der Waals surface area contributed by atoms with Crippen molar-refractivity contribution in [2.24, 2.45) is 0 Å². The van der Waals surface area contributed by atoms with Crippen molar-refractivity contribution in [2.45, 2.75) is 19.4 Å². The zero-order valence-electron chi connectivity index (χ0n) is 13.3. The molecule has 0 radical (unpaired) electrons. The fourth-order valence-electron chi connectivity index (χ4n) is 2.74. The predicted molar refractivity (Wildman–Crippen MR) is 94.4 cm³/mol. The molecule has 0 aromatic heterocycles. The van der Waals surface area contributed by atoms with Gasteiger partial charge in [-0.2, -0.15) is 0 Å². The lowest BCUT2D eigenvalue weighted by Gasteiger charge is -2.28. The molecular formula is C18H20N2O3S. The number of rotatable bonds is 4. The Balaban J connectivity index is 1.66. The topological polar surface area (TPSA) is 66.5 Å². The van der Waals surface area contributed by atoms with Crippen LogP contribution in [0.2, 0.25) is 0 Å². The number of carbonyl (C=O) groups is 1. The summed E-state index contributed by atoms with van der Waals surface area (Å²) >= 11 is 0. The van der Waals surface area contributed by atoms with Gasteiger partial charge in [-0.1, -0.05) is 30.3 Å².